The molecule has 0 aromatic heterocycles. The van der Waals surface area contributed by atoms with Crippen molar-refractivity contribution in [2.24, 2.45) is 11.3 Å². The summed E-state index contributed by atoms with van der Waals surface area (Å²) in [7, 11) is 0. The molecule has 1 unspecified atom stereocenters. The summed E-state index contributed by atoms with van der Waals surface area (Å²) >= 11 is 0. The van der Waals surface area contributed by atoms with Gasteiger partial charge in [0.25, 0.3) is 5.91 Å². The number of carbonyl (C=O) groups excluding carboxylic acids is 3. The van der Waals surface area contributed by atoms with E-state index in [9.17, 15) is 14.4 Å². The van der Waals surface area contributed by atoms with Crippen LogP contribution in [0.5, 0.6) is 0 Å². The monoisotopic (exact) mass is 432 g/mol. The van der Waals surface area contributed by atoms with E-state index in [-0.39, 0.29) is 12.5 Å². The number of urea groups is 1. The molecule has 0 spiro atoms. The molecule has 1 atom stereocenters. The first-order valence-corrected chi connectivity index (χ1v) is 11.0. The van der Waals surface area contributed by atoms with E-state index in [0.29, 0.717) is 18.2 Å². The number of nitrogens with one attached hydrogen (secondary N) is 3. The highest BCUT2D eigenvalue weighted by Gasteiger charge is 2.36. The van der Waals surface area contributed by atoms with Crippen molar-refractivity contribution in [1.82, 2.24) is 15.7 Å². The molecular formula is C23H36N4O4. The van der Waals surface area contributed by atoms with Crippen LogP contribution in [0.15, 0.2) is 24.3 Å². The molecule has 8 heteroatoms. The maximum Gasteiger partial charge on any atom is 0.319 e. The summed E-state index contributed by atoms with van der Waals surface area (Å²) < 4.78 is 0. The lowest BCUT2D eigenvalue weighted by atomic mass is 9.85. The van der Waals surface area contributed by atoms with Crippen LogP contribution in [0.4, 0.5) is 10.5 Å². The molecule has 1 aromatic carbocycles. The Morgan fingerprint density at radius 2 is 1.87 bits per heavy atom. The second-order valence-electron chi connectivity index (χ2n) is 9.50. The first-order valence-electron chi connectivity index (χ1n) is 11.0. The van der Waals surface area contributed by atoms with E-state index in [4.69, 9.17) is 5.21 Å². The third-order valence-corrected chi connectivity index (χ3v) is 5.72. The summed E-state index contributed by atoms with van der Waals surface area (Å²) in [5.74, 6) is -0.455. The van der Waals surface area contributed by atoms with Gasteiger partial charge in [-0.15, -0.1) is 0 Å². The van der Waals surface area contributed by atoms with Gasteiger partial charge < -0.3 is 15.5 Å². The van der Waals surface area contributed by atoms with E-state index < -0.39 is 23.4 Å². The van der Waals surface area contributed by atoms with Gasteiger partial charge in [-0.05, 0) is 42.4 Å². The zero-order valence-corrected chi connectivity index (χ0v) is 19.0. The average molecular weight is 433 g/mol. The lowest BCUT2D eigenvalue weighted by molar-refractivity contribution is -0.142. The molecule has 1 fully saturated rings. The molecular weight excluding hydrogens is 396 g/mol. The van der Waals surface area contributed by atoms with Crippen LogP contribution in [-0.4, -0.2) is 47.1 Å². The summed E-state index contributed by atoms with van der Waals surface area (Å²) in [5.41, 5.74) is 2.66. The number of hydrogen-bond donors (Lipinski definition) is 4. The minimum atomic E-state index is -0.840. The Morgan fingerprint density at radius 1 is 1.19 bits per heavy atom. The van der Waals surface area contributed by atoms with Crippen molar-refractivity contribution in [3.8, 4) is 0 Å². The zero-order valence-electron chi connectivity index (χ0n) is 19.0. The molecule has 4 N–H and O–H groups in total. The number of nitrogens with zero attached hydrogens (tertiary/aromatic N) is 1. The second-order valence-corrected chi connectivity index (χ2v) is 9.50. The Kier molecular flexibility index (Phi) is 8.86. The summed E-state index contributed by atoms with van der Waals surface area (Å²) in [4.78, 5) is 39.3. The minimum absolute atomic E-state index is 0.254. The molecule has 0 aliphatic heterocycles. The molecule has 1 aliphatic carbocycles. The fraction of sp³-hybridized carbons (Fsp3) is 0.609. The standard InChI is InChI=1S/C23H36N4O4/c1-16-8-7-11-18(14-16)24-22(30)25-20(23(2,3)4)21(29)27(15-19(28)26-31)13-12-17-9-5-6-10-17/h7-8,11,14,17,20,31H,5-6,9-10,12-13,15H2,1-4H3,(H,26,28)(H2,24,25,30). The normalized spacial score (nSPS) is 15.3. The number of hydroxylamine groups is 1. The van der Waals surface area contributed by atoms with E-state index in [1.165, 1.54) is 17.7 Å². The SMILES string of the molecule is Cc1cccc(NC(=O)NC(C(=O)N(CCC2CCCC2)CC(=O)NO)C(C)(C)C)c1. The Hall–Kier alpha value is -2.61. The molecule has 2 rings (SSSR count). The second kappa shape index (κ2) is 11.1. The Labute approximate surface area is 184 Å². The number of rotatable bonds is 8. The fourth-order valence-corrected chi connectivity index (χ4v) is 3.97. The summed E-state index contributed by atoms with van der Waals surface area (Å²) in [5, 5.41) is 14.5. The van der Waals surface area contributed by atoms with Crippen molar-refractivity contribution in [1.29, 1.82) is 0 Å². The van der Waals surface area contributed by atoms with Gasteiger partial charge in [0.05, 0.1) is 0 Å². The van der Waals surface area contributed by atoms with Gasteiger partial charge in [0.1, 0.15) is 12.6 Å². The number of benzene rings is 1. The fourth-order valence-electron chi connectivity index (χ4n) is 3.97. The van der Waals surface area contributed by atoms with Crippen molar-refractivity contribution in [2.75, 3.05) is 18.4 Å². The minimum Gasteiger partial charge on any atom is -0.331 e. The maximum atomic E-state index is 13.4. The highest BCUT2D eigenvalue weighted by atomic mass is 16.5. The van der Waals surface area contributed by atoms with Crippen LogP contribution in [0.1, 0.15) is 58.4 Å². The molecule has 8 nitrogen and oxygen atoms in total. The molecule has 0 saturated heterocycles. The van der Waals surface area contributed by atoms with Gasteiger partial charge in [0.2, 0.25) is 5.91 Å². The van der Waals surface area contributed by atoms with Gasteiger partial charge in [-0.25, -0.2) is 10.3 Å². The molecule has 31 heavy (non-hydrogen) atoms. The van der Waals surface area contributed by atoms with Crippen LogP contribution in [0, 0.1) is 18.3 Å². The third kappa shape index (κ3) is 7.86. The molecule has 1 aliphatic rings. The van der Waals surface area contributed by atoms with Crippen LogP contribution < -0.4 is 16.1 Å². The van der Waals surface area contributed by atoms with Crippen molar-refractivity contribution in [3.63, 3.8) is 0 Å². The van der Waals surface area contributed by atoms with Gasteiger partial charge >= 0.3 is 6.03 Å². The van der Waals surface area contributed by atoms with Gasteiger partial charge in [-0.1, -0.05) is 58.6 Å². The molecule has 4 amide bonds. The highest BCUT2D eigenvalue weighted by molar-refractivity contribution is 5.95. The van der Waals surface area contributed by atoms with Crippen LogP contribution in [0.3, 0.4) is 0 Å². The van der Waals surface area contributed by atoms with Crippen molar-refractivity contribution < 1.29 is 19.6 Å². The van der Waals surface area contributed by atoms with Crippen LogP contribution >= 0.6 is 0 Å². The predicted molar refractivity (Wildman–Crippen MR) is 120 cm³/mol. The van der Waals surface area contributed by atoms with Gasteiger partial charge in [0, 0.05) is 12.2 Å². The Bertz CT molecular complexity index is 769. The van der Waals surface area contributed by atoms with Gasteiger partial charge in [-0.2, -0.15) is 0 Å². The van der Waals surface area contributed by atoms with E-state index in [1.807, 2.05) is 45.9 Å². The summed E-state index contributed by atoms with van der Waals surface area (Å²) in [6.07, 6.45) is 5.46. The van der Waals surface area contributed by atoms with E-state index >= 15 is 0 Å². The third-order valence-electron chi connectivity index (χ3n) is 5.72. The smallest absolute Gasteiger partial charge is 0.319 e. The molecule has 172 valence electrons. The number of amides is 4. The first kappa shape index (κ1) is 24.7. The lowest BCUT2D eigenvalue weighted by Crippen LogP contribution is -2.57. The zero-order chi connectivity index (χ0) is 23.0. The summed E-state index contributed by atoms with van der Waals surface area (Å²) in [6, 6.07) is 6.07. The molecule has 0 radical (unpaired) electrons. The molecule has 1 aromatic rings. The topological polar surface area (TPSA) is 111 Å². The Balaban J connectivity index is 2.12. The van der Waals surface area contributed by atoms with E-state index in [2.05, 4.69) is 10.6 Å². The quantitative estimate of drug-likeness (QED) is 0.372. The largest absolute Gasteiger partial charge is 0.331 e. The molecule has 1 saturated carbocycles. The molecule has 0 heterocycles. The van der Waals surface area contributed by atoms with Gasteiger partial charge in [-0.3, -0.25) is 14.8 Å². The van der Waals surface area contributed by atoms with Gasteiger partial charge in [0.15, 0.2) is 0 Å². The summed E-state index contributed by atoms with van der Waals surface area (Å²) in [6.45, 7) is 7.68. The maximum absolute atomic E-state index is 13.4. The van der Waals surface area contributed by atoms with E-state index in [0.717, 1.165) is 24.8 Å². The number of carbonyl (C=O) groups is 3. The van der Waals surface area contributed by atoms with Crippen LogP contribution in [0.25, 0.3) is 0 Å². The van der Waals surface area contributed by atoms with Crippen molar-refractivity contribution in [2.45, 2.75) is 65.8 Å². The number of hydrogen-bond acceptors (Lipinski definition) is 4. The lowest BCUT2D eigenvalue weighted by Gasteiger charge is -2.35. The van der Waals surface area contributed by atoms with Crippen molar-refractivity contribution >= 4 is 23.5 Å². The average Bonchev–Trinajstić information content (AvgIpc) is 3.21. The number of aryl methyl sites for hydroxylation is 1. The molecule has 0 bridgehead atoms. The van der Waals surface area contributed by atoms with Crippen LogP contribution in [0.2, 0.25) is 0 Å². The highest BCUT2D eigenvalue weighted by Crippen LogP contribution is 2.28. The van der Waals surface area contributed by atoms with Crippen molar-refractivity contribution in [3.05, 3.63) is 29.8 Å². The number of anilines is 1. The Morgan fingerprint density at radius 3 is 2.45 bits per heavy atom. The van der Waals surface area contributed by atoms with Crippen LogP contribution in [-0.2, 0) is 9.59 Å². The first-order chi connectivity index (χ1) is 14.6. The van der Waals surface area contributed by atoms with E-state index in [1.54, 1.807) is 11.5 Å². The predicted octanol–water partition coefficient (Wildman–Crippen LogP) is 3.45.